The molecule has 2 aromatic carbocycles. The van der Waals surface area contributed by atoms with Crippen LogP contribution in [0, 0.1) is 6.92 Å². The van der Waals surface area contributed by atoms with E-state index in [9.17, 15) is 0 Å². The fraction of sp³-hybridized carbons (Fsp3) is 0.400. The van der Waals surface area contributed by atoms with Crippen LogP contribution in [-0.4, -0.2) is 6.54 Å². The second kappa shape index (κ2) is 7.42. The first-order valence-electron chi connectivity index (χ1n) is 8.12. The molecule has 0 saturated carbocycles. The second-order valence-electron chi connectivity index (χ2n) is 5.63. The van der Waals surface area contributed by atoms with Crippen LogP contribution in [0.2, 0.25) is 0 Å². The Morgan fingerprint density at radius 3 is 2.19 bits per heavy atom. The molecule has 0 aliphatic carbocycles. The van der Waals surface area contributed by atoms with Gasteiger partial charge in [-0.25, -0.2) is 0 Å². The molecule has 0 unspecified atom stereocenters. The largest absolute Gasteiger partial charge is 0.313 e. The van der Waals surface area contributed by atoms with Gasteiger partial charge in [0.25, 0.3) is 0 Å². The molecule has 0 bridgehead atoms. The van der Waals surface area contributed by atoms with E-state index in [1.165, 1.54) is 33.4 Å². The molecule has 21 heavy (non-hydrogen) atoms. The van der Waals surface area contributed by atoms with E-state index in [4.69, 9.17) is 0 Å². The van der Waals surface area contributed by atoms with Gasteiger partial charge in [0.05, 0.1) is 0 Å². The molecule has 0 fully saturated rings. The van der Waals surface area contributed by atoms with Crippen LogP contribution in [0.15, 0.2) is 36.4 Å². The zero-order valence-electron chi connectivity index (χ0n) is 13.8. The molecule has 0 heterocycles. The number of hydrogen-bond acceptors (Lipinski definition) is 1. The summed E-state index contributed by atoms with van der Waals surface area (Å²) in [6.45, 7) is 10.8. The summed E-state index contributed by atoms with van der Waals surface area (Å²) in [5, 5.41) is 3.39. The SMILES string of the molecule is CCNCc1ccc(-c2cc(CC)ccc2CC)c(C)c1. The Labute approximate surface area is 129 Å². The molecule has 0 aliphatic rings. The van der Waals surface area contributed by atoms with Crippen molar-refractivity contribution < 1.29 is 0 Å². The van der Waals surface area contributed by atoms with E-state index in [2.05, 4.69) is 69.4 Å². The molecule has 0 aromatic heterocycles. The highest BCUT2D eigenvalue weighted by molar-refractivity contribution is 5.71. The van der Waals surface area contributed by atoms with Crippen LogP contribution in [0.4, 0.5) is 0 Å². The minimum absolute atomic E-state index is 0.952. The van der Waals surface area contributed by atoms with Crippen LogP contribution in [0.25, 0.3) is 11.1 Å². The highest BCUT2D eigenvalue weighted by Gasteiger charge is 2.08. The summed E-state index contributed by atoms with van der Waals surface area (Å²) in [5.41, 5.74) is 8.37. The summed E-state index contributed by atoms with van der Waals surface area (Å²) < 4.78 is 0. The van der Waals surface area contributed by atoms with Crippen molar-refractivity contribution in [3.05, 3.63) is 58.7 Å². The van der Waals surface area contributed by atoms with Crippen molar-refractivity contribution in [1.82, 2.24) is 5.32 Å². The lowest BCUT2D eigenvalue weighted by atomic mass is 9.91. The normalized spacial score (nSPS) is 10.9. The minimum atomic E-state index is 0.952. The predicted octanol–water partition coefficient (Wildman–Crippen LogP) is 4.90. The number of hydrogen-bond donors (Lipinski definition) is 1. The van der Waals surface area contributed by atoms with E-state index in [0.717, 1.165) is 25.9 Å². The van der Waals surface area contributed by atoms with E-state index >= 15 is 0 Å². The Kier molecular flexibility index (Phi) is 5.58. The fourth-order valence-electron chi connectivity index (χ4n) is 2.81. The quantitative estimate of drug-likeness (QED) is 0.794. The fourth-order valence-corrected chi connectivity index (χ4v) is 2.81. The zero-order chi connectivity index (χ0) is 15.2. The lowest BCUT2D eigenvalue weighted by Crippen LogP contribution is -2.11. The molecular weight excluding hydrogens is 254 g/mol. The third-order valence-corrected chi connectivity index (χ3v) is 4.12. The van der Waals surface area contributed by atoms with Gasteiger partial charge in [0, 0.05) is 6.54 Å². The first kappa shape index (κ1) is 15.8. The minimum Gasteiger partial charge on any atom is -0.313 e. The van der Waals surface area contributed by atoms with Gasteiger partial charge in [0.15, 0.2) is 0 Å². The third-order valence-electron chi connectivity index (χ3n) is 4.12. The zero-order valence-corrected chi connectivity index (χ0v) is 13.8. The van der Waals surface area contributed by atoms with Crippen LogP contribution < -0.4 is 5.32 Å². The summed E-state index contributed by atoms with van der Waals surface area (Å²) in [6.07, 6.45) is 2.17. The molecule has 0 radical (unpaired) electrons. The van der Waals surface area contributed by atoms with E-state index in [1.807, 2.05) is 0 Å². The van der Waals surface area contributed by atoms with Crippen LogP contribution >= 0.6 is 0 Å². The highest BCUT2D eigenvalue weighted by atomic mass is 14.8. The molecule has 1 nitrogen and oxygen atoms in total. The second-order valence-corrected chi connectivity index (χ2v) is 5.63. The average Bonchev–Trinajstić information content (AvgIpc) is 2.52. The van der Waals surface area contributed by atoms with Crippen molar-refractivity contribution >= 4 is 0 Å². The maximum atomic E-state index is 3.39. The van der Waals surface area contributed by atoms with Crippen molar-refractivity contribution in [2.24, 2.45) is 0 Å². The van der Waals surface area contributed by atoms with E-state index in [-0.39, 0.29) is 0 Å². The van der Waals surface area contributed by atoms with Crippen molar-refractivity contribution in [3.63, 3.8) is 0 Å². The summed E-state index contributed by atoms with van der Waals surface area (Å²) in [5.74, 6) is 0. The number of benzene rings is 2. The molecule has 0 spiro atoms. The molecule has 0 aliphatic heterocycles. The highest BCUT2D eigenvalue weighted by Crippen LogP contribution is 2.29. The molecule has 1 heteroatoms. The van der Waals surface area contributed by atoms with Crippen LogP contribution in [0.5, 0.6) is 0 Å². The molecule has 2 rings (SSSR count). The van der Waals surface area contributed by atoms with Crippen LogP contribution in [0.3, 0.4) is 0 Å². The van der Waals surface area contributed by atoms with Crippen LogP contribution in [0.1, 0.15) is 43.0 Å². The van der Waals surface area contributed by atoms with Crippen molar-refractivity contribution in [2.45, 2.75) is 47.1 Å². The van der Waals surface area contributed by atoms with Gasteiger partial charge in [0.1, 0.15) is 0 Å². The Morgan fingerprint density at radius 2 is 1.57 bits per heavy atom. The molecule has 0 saturated heterocycles. The van der Waals surface area contributed by atoms with E-state index < -0.39 is 0 Å². The van der Waals surface area contributed by atoms with Crippen molar-refractivity contribution in [3.8, 4) is 11.1 Å². The Bertz CT molecular complexity index is 599. The maximum absolute atomic E-state index is 3.39. The average molecular weight is 281 g/mol. The molecule has 2 aromatic rings. The van der Waals surface area contributed by atoms with Gasteiger partial charge in [-0.1, -0.05) is 57.2 Å². The molecule has 0 amide bonds. The third kappa shape index (κ3) is 3.74. The Hall–Kier alpha value is -1.60. The molecular formula is C20H27N. The van der Waals surface area contributed by atoms with Crippen molar-refractivity contribution in [2.75, 3.05) is 6.54 Å². The van der Waals surface area contributed by atoms with Gasteiger partial charge in [0.2, 0.25) is 0 Å². The lowest BCUT2D eigenvalue weighted by Gasteiger charge is -2.14. The van der Waals surface area contributed by atoms with E-state index in [1.54, 1.807) is 0 Å². The first-order valence-corrected chi connectivity index (χ1v) is 8.12. The number of aryl methyl sites for hydroxylation is 3. The Morgan fingerprint density at radius 1 is 0.810 bits per heavy atom. The van der Waals surface area contributed by atoms with Crippen LogP contribution in [-0.2, 0) is 19.4 Å². The number of nitrogens with one attached hydrogen (secondary N) is 1. The lowest BCUT2D eigenvalue weighted by molar-refractivity contribution is 0.726. The van der Waals surface area contributed by atoms with Gasteiger partial charge >= 0.3 is 0 Å². The van der Waals surface area contributed by atoms with Gasteiger partial charge in [-0.05, 0) is 59.7 Å². The van der Waals surface area contributed by atoms with Crippen molar-refractivity contribution in [1.29, 1.82) is 0 Å². The van der Waals surface area contributed by atoms with Gasteiger partial charge < -0.3 is 5.32 Å². The topological polar surface area (TPSA) is 12.0 Å². The van der Waals surface area contributed by atoms with E-state index in [0.29, 0.717) is 0 Å². The summed E-state index contributed by atoms with van der Waals surface area (Å²) in [6, 6.07) is 13.8. The molecule has 0 atom stereocenters. The smallest absolute Gasteiger partial charge is 0.0205 e. The van der Waals surface area contributed by atoms with Gasteiger partial charge in [-0.2, -0.15) is 0 Å². The molecule has 1 N–H and O–H groups in total. The summed E-state index contributed by atoms with van der Waals surface area (Å²) >= 11 is 0. The van der Waals surface area contributed by atoms with Gasteiger partial charge in [-0.3, -0.25) is 0 Å². The summed E-state index contributed by atoms with van der Waals surface area (Å²) in [7, 11) is 0. The number of rotatable bonds is 6. The maximum Gasteiger partial charge on any atom is 0.0205 e. The first-order chi connectivity index (χ1) is 10.2. The standard InChI is InChI=1S/C20H27N/c1-5-16-8-10-18(6-2)20(13-16)19-11-9-17(12-15(19)4)14-21-7-3/h8-13,21H,5-7,14H2,1-4H3. The molecule has 112 valence electrons. The Balaban J connectivity index is 2.41. The monoisotopic (exact) mass is 281 g/mol. The summed E-state index contributed by atoms with van der Waals surface area (Å²) in [4.78, 5) is 0. The van der Waals surface area contributed by atoms with Gasteiger partial charge in [-0.15, -0.1) is 0 Å². The predicted molar refractivity (Wildman–Crippen MR) is 92.8 cm³/mol.